The fraction of sp³-hybridized carbons (Fsp3) is 0.571. The quantitative estimate of drug-likeness (QED) is 0.783. The van der Waals surface area contributed by atoms with Gasteiger partial charge in [-0.1, -0.05) is 25.2 Å². The number of hydrogen-bond donors (Lipinski definition) is 1. The second-order valence-corrected chi connectivity index (χ2v) is 5.92. The van der Waals surface area contributed by atoms with Gasteiger partial charge in [0.2, 0.25) is 9.35 Å². The van der Waals surface area contributed by atoms with Gasteiger partial charge >= 0.3 is 0 Å². The van der Waals surface area contributed by atoms with Crippen molar-refractivity contribution < 1.29 is 13.2 Å². The molecule has 0 aromatic carbocycles. The summed E-state index contributed by atoms with van der Waals surface area (Å²) in [6.45, 7) is 4.11. The van der Waals surface area contributed by atoms with Crippen LogP contribution in [-0.2, 0) is 10.0 Å². The van der Waals surface area contributed by atoms with Crippen LogP contribution in [0.25, 0.3) is 0 Å². The van der Waals surface area contributed by atoms with E-state index in [-0.39, 0.29) is 9.35 Å². The van der Waals surface area contributed by atoms with Gasteiger partial charge in [0.1, 0.15) is 0 Å². The highest BCUT2D eigenvalue weighted by Gasteiger charge is 2.27. The Labute approximate surface area is 97.3 Å². The number of nitrogens with zero attached hydrogens (tertiary/aromatic N) is 3. The van der Waals surface area contributed by atoms with E-state index in [1.807, 2.05) is 0 Å². The van der Waals surface area contributed by atoms with Crippen LogP contribution < -0.4 is 5.73 Å². The third kappa shape index (κ3) is 2.36. The normalized spacial score (nSPS) is 11.9. The Morgan fingerprint density at radius 2 is 1.94 bits per heavy atom. The molecule has 0 bridgehead atoms. The van der Waals surface area contributed by atoms with Gasteiger partial charge in [0.05, 0.1) is 0 Å². The molecule has 0 radical (unpaired) electrons. The fourth-order valence-corrected chi connectivity index (χ4v) is 3.54. The minimum atomic E-state index is -3.64. The molecule has 0 fully saturated rings. The van der Waals surface area contributed by atoms with Crippen LogP contribution in [0.1, 0.15) is 23.6 Å². The summed E-state index contributed by atoms with van der Waals surface area (Å²) in [7, 11) is -3.64. The standard InChI is InChI=1S/C7H12N4O3S2/c1-3-11(4-2)16(13,14)7-10-9-6(15-7)5(8)12/h3-4H2,1-2H3,(H2,8,12). The van der Waals surface area contributed by atoms with Crippen LogP contribution in [0.2, 0.25) is 0 Å². The molecule has 0 aliphatic heterocycles. The zero-order valence-electron chi connectivity index (χ0n) is 8.87. The van der Waals surface area contributed by atoms with Gasteiger partial charge in [-0.25, -0.2) is 8.42 Å². The Bertz CT molecular complexity index is 478. The third-order valence-electron chi connectivity index (χ3n) is 1.88. The van der Waals surface area contributed by atoms with Gasteiger partial charge in [-0.2, -0.15) is 4.31 Å². The van der Waals surface area contributed by atoms with Gasteiger partial charge in [0, 0.05) is 13.1 Å². The molecule has 2 N–H and O–H groups in total. The largest absolute Gasteiger partial charge is 0.363 e. The van der Waals surface area contributed by atoms with E-state index in [1.54, 1.807) is 13.8 Å². The molecule has 0 saturated carbocycles. The monoisotopic (exact) mass is 264 g/mol. The molecule has 9 heteroatoms. The molecule has 0 atom stereocenters. The zero-order valence-corrected chi connectivity index (χ0v) is 10.5. The lowest BCUT2D eigenvalue weighted by atomic mass is 10.7. The predicted octanol–water partition coefficient (Wildman–Crippen LogP) is -0.333. The van der Waals surface area contributed by atoms with Gasteiger partial charge in [-0.3, -0.25) is 4.79 Å². The van der Waals surface area contributed by atoms with Gasteiger partial charge in [0.25, 0.3) is 15.9 Å². The smallest absolute Gasteiger partial charge is 0.279 e. The maximum atomic E-state index is 11.9. The van der Waals surface area contributed by atoms with Crippen molar-refractivity contribution in [2.75, 3.05) is 13.1 Å². The molecule has 7 nitrogen and oxygen atoms in total. The van der Waals surface area contributed by atoms with Gasteiger partial charge < -0.3 is 5.73 Å². The number of sulfonamides is 1. The molecule has 0 unspecified atom stereocenters. The molecule has 0 spiro atoms. The SMILES string of the molecule is CCN(CC)S(=O)(=O)c1nnc(C(N)=O)s1. The fourth-order valence-electron chi connectivity index (χ4n) is 1.09. The van der Waals surface area contributed by atoms with Crippen LogP contribution in [0.15, 0.2) is 4.34 Å². The van der Waals surface area contributed by atoms with Crippen molar-refractivity contribution >= 4 is 27.3 Å². The van der Waals surface area contributed by atoms with E-state index < -0.39 is 15.9 Å². The first-order chi connectivity index (χ1) is 7.43. The highest BCUT2D eigenvalue weighted by molar-refractivity contribution is 7.91. The number of aromatic nitrogens is 2. The Kier molecular flexibility index (Phi) is 3.94. The number of rotatable bonds is 5. The molecular formula is C7H12N4O3S2. The minimum absolute atomic E-state index is 0.106. The molecular weight excluding hydrogens is 252 g/mol. The number of hydrogen-bond acceptors (Lipinski definition) is 6. The van der Waals surface area contributed by atoms with Crippen molar-refractivity contribution in [3.05, 3.63) is 5.01 Å². The summed E-state index contributed by atoms with van der Waals surface area (Å²) in [6.07, 6.45) is 0. The first-order valence-electron chi connectivity index (χ1n) is 4.56. The number of nitrogens with two attached hydrogens (primary N) is 1. The van der Waals surface area contributed by atoms with Crippen molar-refractivity contribution in [2.45, 2.75) is 18.2 Å². The second kappa shape index (κ2) is 4.85. The van der Waals surface area contributed by atoms with E-state index in [0.29, 0.717) is 24.4 Å². The Hall–Kier alpha value is -1.06. The molecule has 1 amide bonds. The van der Waals surface area contributed by atoms with Crippen LogP contribution in [0.3, 0.4) is 0 Å². The number of carbonyl (C=O) groups is 1. The summed E-state index contributed by atoms with van der Waals surface area (Å²) in [5.74, 6) is -0.779. The van der Waals surface area contributed by atoms with Crippen molar-refractivity contribution in [3.63, 3.8) is 0 Å². The zero-order chi connectivity index (χ0) is 12.3. The van der Waals surface area contributed by atoms with E-state index in [1.165, 1.54) is 4.31 Å². The van der Waals surface area contributed by atoms with Gasteiger partial charge in [0.15, 0.2) is 0 Å². The highest BCUT2D eigenvalue weighted by atomic mass is 32.2. The van der Waals surface area contributed by atoms with Crippen LogP contribution in [0.5, 0.6) is 0 Å². The average molecular weight is 264 g/mol. The van der Waals surface area contributed by atoms with E-state index in [2.05, 4.69) is 10.2 Å². The average Bonchev–Trinajstić information content (AvgIpc) is 2.68. The van der Waals surface area contributed by atoms with Crippen LogP contribution in [0, 0.1) is 0 Å². The van der Waals surface area contributed by atoms with E-state index in [9.17, 15) is 13.2 Å². The minimum Gasteiger partial charge on any atom is -0.363 e. The lowest BCUT2D eigenvalue weighted by Crippen LogP contribution is -2.30. The topological polar surface area (TPSA) is 106 Å². The molecule has 1 rings (SSSR count). The highest BCUT2D eigenvalue weighted by Crippen LogP contribution is 2.19. The maximum Gasteiger partial charge on any atom is 0.279 e. The lowest BCUT2D eigenvalue weighted by molar-refractivity contribution is 0.0999. The van der Waals surface area contributed by atoms with Gasteiger partial charge in [-0.05, 0) is 0 Å². The predicted molar refractivity (Wildman–Crippen MR) is 58.5 cm³/mol. The van der Waals surface area contributed by atoms with E-state index in [0.717, 1.165) is 0 Å². The molecule has 90 valence electrons. The summed E-state index contributed by atoms with van der Waals surface area (Å²) in [6, 6.07) is 0. The van der Waals surface area contributed by atoms with Crippen molar-refractivity contribution in [1.82, 2.24) is 14.5 Å². The summed E-state index contributed by atoms with van der Waals surface area (Å²) in [5, 5.41) is 6.78. The summed E-state index contributed by atoms with van der Waals surface area (Å²) >= 11 is 0.681. The van der Waals surface area contributed by atoms with E-state index in [4.69, 9.17) is 5.73 Å². The van der Waals surface area contributed by atoms with Crippen molar-refractivity contribution in [1.29, 1.82) is 0 Å². The molecule has 1 heterocycles. The third-order valence-corrected chi connectivity index (χ3v) is 5.22. The summed E-state index contributed by atoms with van der Waals surface area (Å²) in [5.41, 5.74) is 4.97. The van der Waals surface area contributed by atoms with Crippen LogP contribution in [0.4, 0.5) is 0 Å². The second-order valence-electron chi connectivity index (χ2n) is 2.83. The molecule has 1 aromatic rings. The Morgan fingerprint density at radius 3 is 2.31 bits per heavy atom. The lowest BCUT2D eigenvalue weighted by Gasteiger charge is -2.15. The van der Waals surface area contributed by atoms with Crippen LogP contribution >= 0.6 is 11.3 Å². The summed E-state index contributed by atoms with van der Waals surface area (Å²) in [4.78, 5) is 10.8. The molecule has 0 aliphatic carbocycles. The molecule has 0 aliphatic rings. The maximum absolute atomic E-state index is 11.9. The van der Waals surface area contributed by atoms with Crippen molar-refractivity contribution in [3.8, 4) is 0 Å². The Morgan fingerprint density at radius 1 is 1.38 bits per heavy atom. The first-order valence-corrected chi connectivity index (χ1v) is 6.82. The first kappa shape index (κ1) is 13.0. The van der Waals surface area contributed by atoms with E-state index >= 15 is 0 Å². The van der Waals surface area contributed by atoms with Gasteiger partial charge in [-0.15, -0.1) is 10.2 Å². The summed E-state index contributed by atoms with van der Waals surface area (Å²) < 4.78 is 24.9. The Balaban J connectivity index is 3.12. The molecule has 16 heavy (non-hydrogen) atoms. The molecule has 1 aromatic heterocycles. The van der Waals surface area contributed by atoms with Crippen molar-refractivity contribution in [2.24, 2.45) is 5.73 Å². The number of amides is 1. The number of carbonyl (C=O) groups excluding carboxylic acids is 1. The van der Waals surface area contributed by atoms with Crippen LogP contribution in [-0.4, -0.2) is 41.9 Å². The number of primary amides is 1. The molecule has 0 saturated heterocycles.